The Bertz CT molecular complexity index is 557. The van der Waals surface area contributed by atoms with Gasteiger partial charge in [-0.05, 0) is 17.5 Å². The highest BCUT2D eigenvalue weighted by Gasteiger charge is 2.01. The fourth-order valence-corrected chi connectivity index (χ4v) is 1.88. The molecule has 0 saturated carbocycles. The molecule has 1 heterocycles. The highest BCUT2D eigenvalue weighted by molar-refractivity contribution is 5.81. The Morgan fingerprint density at radius 3 is 2.76 bits per heavy atom. The van der Waals surface area contributed by atoms with Crippen molar-refractivity contribution in [1.82, 2.24) is 9.88 Å². The SMILES string of the molecule is CC(C)NCCn1ccc2ccccc2c1=O. The molecule has 0 aliphatic carbocycles. The number of pyridine rings is 1. The van der Waals surface area contributed by atoms with Gasteiger partial charge in [0, 0.05) is 30.7 Å². The highest BCUT2D eigenvalue weighted by atomic mass is 16.1. The van der Waals surface area contributed by atoms with E-state index in [9.17, 15) is 4.79 Å². The van der Waals surface area contributed by atoms with Gasteiger partial charge in [-0.3, -0.25) is 4.79 Å². The highest BCUT2D eigenvalue weighted by Crippen LogP contribution is 2.07. The quantitative estimate of drug-likeness (QED) is 0.871. The first-order chi connectivity index (χ1) is 8.18. The lowest BCUT2D eigenvalue weighted by Gasteiger charge is -2.10. The first kappa shape index (κ1) is 11.9. The molecular formula is C14H18N2O. The Morgan fingerprint density at radius 2 is 2.00 bits per heavy atom. The van der Waals surface area contributed by atoms with Crippen LogP contribution < -0.4 is 10.9 Å². The van der Waals surface area contributed by atoms with Gasteiger partial charge in [0.1, 0.15) is 0 Å². The lowest BCUT2D eigenvalue weighted by Crippen LogP contribution is -2.30. The summed E-state index contributed by atoms with van der Waals surface area (Å²) in [5.74, 6) is 0. The van der Waals surface area contributed by atoms with Gasteiger partial charge >= 0.3 is 0 Å². The van der Waals surface area contributed by atoms with Gasteiger partial charge in [-0.15, -0.1) is 0 Å². The third kappa shape index (κ3) is 2.74. The van der Waals surface area contributed by atoms with Crippen LogP contribution in [0.15, 0.2) is 41.3 Å². The van der Waals surface area contributed by atoms with Crippen LogP contribution in [0.5, 0.6) is 0 Å². The lowest BCUT2D eigenvalue weighted by atomic mass is 10.2. The van der Waals surface area contributed by atoms with Crippen LogP contribution in [-0.2, 0) is 6.54 Å². The minimum absolute atomic E-state index is 0.0913. The van der Waals surface area contributed by atoms with Gasteiger partial charge in [0.2, 0.25) is 0 Å². The summed E-state index contributed by atoms with van der Waals surface area (Å²) >= 11 is 0. The summed E-state index contributed by atoms with van der Waals surface area (Å²) in [6.07, 6.45) is 1.87. The van der Waals surface area contributed by atoms with E-state index in [1.165, 1.54) is 0 Å². The summed E-state index contributed by atoms with van der Waals surface area (Å²) in [7, 11) is 0. The smallest absolute Gasteiger partial charge is 0.258 e. The largest absolute Gasteiger partial charge is 0.314 e. The van der Waals surface area contributed by atoms with Gasteiger partial charge in [0.15, 0.2) is 0 Å². The third-order valence-corrected chi connectivity index (χ3v) is 2.79. The molecule has 1 aromatic heterocycles. The number of nitrogens with zero attached hydrogens (tertiary/aromatic N) is 1. The monoisotopic (exact) mass is 230 g/mol. The number of hydrogen-bond acceptors (Lipinski definition) is 2. The van der Waals surface area contributed by atoms with Crippen molar-refractivity contribution in [1.29, 1.82) is 0 Å². The Labute approximate surface area is 101 Å². The van der Waals surface area contributed by atoms with Crippen molar-refractivity contribution in [3.63, 3.8) is 0 Å². The Kier molecular flexibility index (Phi) is 3.59. The number of fused-ring (bicyclic) bond motifs is 1. The molecule has 3 heteroatoms. The van der Waals surface area contributed by atoms with Crippen molar-refractivity contribution >= 4 is 10.8 Å². The normalized spacial score (nSPS) is 11.2. The lowest BCUT2D eigenvalue weighted by molar-refractivity contribution is 0.535. The van der Waals surface area contributed by atoms with E-state index in [4.69, 9.17) is 0 Å². The van der Waals surface area contributed by atoms with Crippen LogP contribution >= 0.6 is 0 Å². The standard InChI is InChI=1S/C14H18N2O/c1-11(2)15-8-10-16-9-7-12-5-3-4-6-13(12)14(16)17/h3-7,9,11,15H,8,10H2,1-2H3. The van der Waals surface area contributed by atoms with Crippen molar-refractivity contribution in [3.8, 4) is 0 Å². The minimum Gasteiger partial charge on any atom is -0.314 e. The fraction of sp³-hybridized carbons (Fsp3) is 0.357. The molecule has 0 unspecified atom stereocenters. The number of rotatable bonds is 4. The Morgan fingerprint density at radius 1 is 1.24 bits per heavy atom. The summed E-state index contributed by atoms with van der Waals surface area (Å²) in [6, 6.07) is 10.1. The maximum absolute atomic E-state index is 12.1. The van der Waals surface area contributed by atoms with E-state index < -0.39 is 0 Å². The summed E-state index contributed by atoms with van der Waals surface area (Å²) < 4.78 is 1.76. The molecule has 17 heavy (non-hydrogen) atoms. The van der Waals surface area contributed by atoms with E-state index >= 15 is 0 Å². The van der Waals surface area contributed by atoms with Crippen LogP contribution in [0.2, 0.25) is 0 Å². The van der Waals surface area contributed by atoms with E-state index in [1.54, 1.807) is 4.57 Å². The summed E-state index contributed by atoms with van der Waals surface area (Å²) in [5.41, 5.74) is 0.0913. The molecule has 2 rings (SSSR count). The average Bonchev–Trinajstić information content (AvgIpc) is 2.32. The van der Waals surface area contributed by atoms with Crippen molar-refractivity contribution in [2.75, 3.05) is 6.54 Å². The van der Waals surface area contributed by atoms with Crippen LogP contribution in [0.1, 0.15) is 13.8 Å². The van der Waals surface area contributed by atoms with Gasteiger partial charge in [-0.1, -0.05) is 32.0 Å². The van der Waals surface area contributed by atoms with Gasteiger partial charge in [-0.25, -0.2) is 0 Å². The van der Waals surface area contributed by atoms with E-state index in [2.05, 4.69) is 19.2 Å². The average molecular weight is 230 g/mol. The van der Waals surface area contributed by atoms with Gasteiger partial charge < -0.3 is 9.88 Å². The molecule has 2 aromatic rings. The maximum Gasteiger partial charge on any atom is 0.258 e. The molecular weight excluding hydrogens is 212 g/mol. The first-order valence-corrected chi connectivity index (χ1v) is 6.00. The molecule has 1 N–H and O–H groups in total. The van der Waals surface area contributed by atoms with Gasteiger partial charge in [0.25, 0.3) is 5.56 Å². The minimum atomic E-state index is 0.0913. The molecule has 0 aliphatic rings. The number of benzene rings is 1. The third-order valence-electron chi connectivity index (χ3n) is 2.79. The van der Waals surface area contributed by atoms with Crippen LogP contribution in [0.25, 0.3) is 10.8 Å². The molecule has 0 atom stereocenters. The summed E-state index contributed by atoms with van der Waals surface area (Å²) in [6.45, 7) is 5.73. The molecule has 1 aromatic carbocycles. The second-order valence-electron chi connectivity index (χ2n) is 4.51. The molecule has 3 nitrogen and oxygen atoms in total. The molecule has 90 valence electrons. The van der Waals surface area contributed by atoms with Crippen molar-refractivity contribution in [2.24, 2.45) is 0 Å². The van der Waals surface area contributed by atoms with Gasteiger partial charge in [0.05, 0.1) is 0 Å². The molecule has 0 bridgehead atoms. The molecule has 0 radical (unpaired) electrons. The van der Waals surface area contributed by atoms with E-state index in [-0.39, 0.29) is 5.56 Å². The van der Waals surface area contributed by atoms with Crippen molar-refractivity contribution < 1.29 is 0 Å². The summed E-state index contributed by atoms with van der Waals surface area (Å²) in [4.78, 5) is 12.1. The van der Waals surface area contributed by atoms with Crippen LogP contribution in [0.4, 0.5) is 0 Å². The Hall–Kier alpha value is -1.61. The number of aromatic nitrogens is 1. The van der Waals surface area contributed by atoms with Crippen LogP contribution in [0, 0.1) is 0 Å². The zero-order valence-corrected chi connectivity index (χ0v) is 10.3. The second kappa shape index (κ2) is 5.15. The fourth-order valence-electron chi connectivity index (χ4n) is 1.88. The van der Waals surface area contributed by atoms with Crippen molar-refractivity contribution in [2.45, 2.75) is 26.4 Å². The number of nitrogens with one attached hydrogen (secondary N) is 1. The maximum atomic E-state index is 12.1. The number of hydrogen-bond donors (Lipinski definition) is 1. The molecule has 0 saturated heterocycles. The second-order valence-corrected chi connectivity index (χ2v) is 4.51. The molecule has 0 spiro atoms. The predicted octanol–water partition coefficient (Wildman–Crippen LogP) is 2.00. The Balaban J connectivity index is 2.24. The van der Waals surface area contributed by atoms with Crippen LogP contribution in [0.3, 0.4) is 0 Å². The molecule has 0 amide bonds. The summed E-state index contributed by atoms with van der Waals surface area (Å²) in [5, 5.41) is 5.11. The van der Waals surface area contributed by atoms with E-state index in [0.717, 1.165) is 17.3 Å². The predicted molar refractivity (Wildman–Crippen MR) is 71.3 cm³/mol. The molecule has 0 aliphatic heterocycles. The zero-order valence-electron chi connectivity index (χ0n) is 10.3. The molecule has 0 fully saturated rings. The van der Waals surface area contributed by atoms with Crippen molar-refractivity contribution in [3.05, 3.63) is 46.9 Å². The topological polar surface area (TPSA) is 34.0 Å². The van der Waals surface area contributed by atoms with Gasteiger partial charge in [-0.2, -0.15) is 0 Å². The van der Waals surface area contributed by atoms with Crippen LogP contribution in [-0.4, -0.2) is 17.2 Å². The van der Waals surface area contributed by atoms with E-state index in [1.807, 2.05) is 36.5 Å². The first-order valence-electron chi connectivity index (χ1n) is 6.00. The zero-order chi connectivity index (χ0) is 12.3. The van der Waals surface area contributed by atoms with E-state index in [0.29, 0.717) is 12.6 Å².